The van der Waals surface area contributed by atoms with E-state index < -0.39 is 11.8 Å². The first-order chi connectivity index (χ1) is 15.0. The summed E-state index contributed by atoms with van der Waals surface area (Å²) >= 11 is 6.01. The Hall–Kier alpha value is -3.09. The lowest BCUT2D eigenvalue weighted by atomic mass is 9.93. The summed E-state index contributed by atoms with van der Waals surface area (Å²) in [6, 6.07) is 14.5. The van der Waals surface area contributed by atoms with Crippen molar-refractivity contribution in [2.24, 2.45) is 0 Å². The quantitative estimate of drug-likeness (QED) is 0.205. The van der Waals surface area contributed by atoms with Crippen LogP contribution in [0.4, 0.5) is 0 Å². The molecular weight excluding hydrogens is 420 g/mol. The van der Waals surface area contributed by atoms with E-state index in [1.54, 1.807) is 13.0 Å². The molecule has 31 heavy (non-hydrogen) atoms. The topological polar surface area (TPSA) is 71.1 Å². The summed E-state index contributed by atoms with van der Waals surface area (Å²) in [5, 5.41) is 1.88. The van der Waals surface area contributed by atoms with Gasteiger partial charge in [0.2, 0.25) is 0 Å². The van der Waals surface area contributed by atoms with Crippen molar-refractivity contribution in [2.45, 2.75) is 13.3 Å². The van der Waals surface area contributed by atoms with Gasteiger partial charge in [0.15, 0.2) is 18.3 Å². The molecule has 0 aliphatic carbocycles. The molecule has 3 aromatic rings. The van der Waals surface area contributed by atoms with E-state index in [0.29, 0.717) is 33.7 Å². The highest BCUT2D eigenvalue weighted by atomic mass is 35.5. The molecule has 0 amide bonds. The Labute approximate surface area is 185 Å². The van der Waals surface area contributed by atoms with E-state index in [9.17, 15) is 9.59 Å². The van der Waals surface area contributed by atoms with Gasteiger partial charge >= 0.3 is 5.97 Å². The summed E-state index contributed by atoms with van der Waals surface area (Å²) < 4.78 is 21.3. The van der Waals surface area contributed by atoms with Crippen molar-refractivity contribution in [3.8, 4) is 11.5 Å². The maximum Gasteiger partial charge on any atom is 0.379 e. The third kappa shape index (κ3) is 4.98. The van der Waals surface area contributed by atoms with Gasteiger partial charge in [-0.3, -0.25) is 4.79 Å². The summed E-state index contributed by atoms with van der Waals surface area (Å²) in [7, 11) is 2.99. The number of carbonyl (C=O) groups is 2. The molecule has 0 heterocycles. The number of ketones is 1. The minimum Gasteiger partial charge on any atom is -0.493 e. The van der Waals surface area contributed by atoms with Crippen molar-refractivity contribution in [1.82, 2.24) is 0 Å². The maximum atomic E-state index is 12.8. The zero-order valence-corrected chi connectivity index (χ0v) is 18.3. The van der Waals surface area contributed by atoms with Crippen LogP contribution >= 0.6 is 11.6 Å². The number of ether oxygens (including phenoxy) is 4. The number of methoxy groups -OCH3 is 2. The molecule has 0 saturated heterocycles. The van der Waals surface area contributed by atoms with E-state index in [4.69, 9.17) is 30.5 Å². The van der Waals surface area contributed by atoms with Crippen LogP contribution in [0.1, 0.15) is 28.4 Å². The molecule has 6 nitrogen and oxygen atoms in total. The second-order valence-corrected chi connectivity index (χ2v) is 7.14. The summed E-state index contributed by atoms with van der Waals surface area (Å²) in [6.07, 6.45) is 0.554. The molecule has 0 atom stereocenters. The molecule has 0 bridgehead atoms. The number of esters is 1. The number of benzene rings is 3. The average Bonchev–Trinajstić information content (AvgIpc) is 2.78. The van der Waals surface area contributed by atoms with Gasteiger partial charge in [-0.15, -0.1) is 0 Å². The standard InChI is InChI=1S/C24H23ClO6/c1-4-30-24(27)22(26)19-13-20(29-3)23(31-14-28-2)21-16(6-5-7-18(19)21)12-15-8-10-17(25)11-9-15/h5-11,13H,4,12,14H2,1-3H3. The van der Waals surface area contributed by atoms with E-state index in [2.05, 4.69) is 0 Å². The van der Waals surface area contributed by atoms with Gasteiger partial charge in [0.05, 0.1) is 13.7 Å². The molecular formula is C24H23ClO6. The largest absolute Gasteiger partial charge is 0.493 e. The van der Waals surface area contributed by atoms with E-state index >= 15 is 0 Å². The first-order valence-electron chi connectivity index (χ1n) is 9.70. The van der Waals surface area contributed by atoms with Crippen molar-refractivity contribution in [3.63, 3.8) is 0 Å². The molecule has 0 aliphatic heterocycles. The Morgan fingerprint density at radius 1 is 1.03 bits per heavy atom. The molecule has 0 aromatic heterocycles. The van der Waals surface area contributed by atoms with E-state index in [1.807, 2.05) is 36.4 Å². The van der Waals surface area contributed by atoms with Crippen molar-refractivity contribution in [1.29, 1.82) is 0 Å². The third-order valence-corrected chi connectivity index (χ3v) is 4.97. The molecule has 0 aliphatic rings. The summed E-state index contributed by atoms with van der Waals surface area (Å²) in [4.78, 5) is 25.0. The summed E-state index contributed by atoms with van der Waals surface area (Å²) in [5.74, 6) is -0.906. The fraction of sp³-hybridized carbons (Fsp3) is 0.250. The van der Waals surface area contributed by atoms with Gasteiger partial charge in [-0.25, -0.2) is 4.79 Å². The number of carbonyl (C=O) groups excluding carboxylic acids is 2. The van der Waals surface area contributed by atoms with Crippen LogP contribution in [0.3, 0.4) is 0 Å². The SMILES string of the molecule is CCOC(=O)C(=O)c1cc(OC)c(OCOC)c2c(Cc3ccc(Cl)cc3)cccc12. The van der Waals surface area contributed by atoms with Crippen molar-refractivity contribution >= 4 is 34.1 Å². The van der Waals surface area contributed by atoms with Crippen LogP contribution < -0.4 is 9.47 Å². The highest BCUT2D eigenvalue weighted by Crippen LogP contribution is 2.41. The Balaban J connectivity index is 2.24. The predicted octanol–water partition coefficient (Wildman–Crippen LogP) is 4.82. The smallest absolute Gasteiger partial charge is 0.379 e. The molecule has 0 radical (unpaired) electrons. The number of halogens is 1. The first kappa shape index (κ1) is 22.6. The van der Waals surface area contributed by atoms with Crippen molar-refractivity contribution in [2.75, 3.05) is 27.6 Å². The molecule has 3 aromatic carbocycles. The van der Waals surface area contributed by atoms with Crippen LogP contribution in [0.5, 0.6) is 11.5 Å². The number of rotatable bonds is 9. The van der Waals surface area contributed by atoms with Gasteiger partial charge in [0, 0.05) is 23.1 Å². The lowest BCUT2D eigenvalue weighted by Crippen LogP contribution is -2.18. The summed E-state index contributed by atoms with van der Waals surface area (Å²) in [5.41, 5.74) is 2.10. The van der Waals surface area contributed by atoms with Gasteiger partial charge < -0.3 is 18.9 Å². The minimum absolute atomic E-state index is 0.00803. The molecule has 7 heteroatoms. The highest BCUT2D eigenvalue weighted by Gasteiger charge is 2.25. The number of fused-ring (bicyclic) bond motifs is 1. The Morgan fingerprint density at radius 3 is 2.42 bits per heavy atom. The van der Waals surface area contributed by atoms with E-state index in [0.717, 1.165) is 11.1 Å². The zero-order valence-electron chi connectivity index (χ0n) is 17.6. The molecule has 0 saturated carbocycles. The molecule has 0 spiro atoms. The first-order valence-corrected chi connectivity index (χ1v) is 10.1. The minimum atomic E-state index is -0.917. The molecule has 0 N–H and O–H groups in total. The van der Waals surface area contributed by atoms with Gasteiger partial charge in [-0.05, 0) is 48.1 Å². The van der Waals surface area contributed by atoms with Gasteiger partial charge in [-0.2, -0.15) is 0 Å². The van der Waals surface area contributed by atoms with Gasteiger partial charge in [0.1, 0.15) is 0 Å². The van der Waals surface area contributed by atoms with Crippen LogP contribution in [0.25, 0.3) is 10.8 Å². The van der Waals surface area contributed by atoms with E-state index in [1.165, 1.54) is 20.3 Å². The van der Waals surface area contributed by atoms with Crippen LogP contribution in [0, 0.1) is 0 Å². The zero-order chi connectivity index (χ0) is 22.4. The fourth-order valence-corrected chi connectivity index (χ4v) is 3.49. The number of Topliss-reactive ketones (excluding diaryl/α,β-unsaturated/α-hetero) is 1. The highest BCUT2D eigenvalue weighted by molar-refractivity contribution is 6.43. The van der Waals surface area contributed by atoms with Crippen LogP contribution in [0.15, 0.2) is 48.5 Å². The van der Waals surface area contributed by atoms with Crippen molar-refractivity contribution < 1.29 is 28.5 Å². The van der Waals surface area contributed by atoms with Crippen LogP contribution in [0.2, 0.25) is 5.02 Å². The Bertz CT molecular complexity index is 1090. The Kier molecular flexibility index (Phi) is 7.50. The number of hydrogen-bond donors (Lipinski definition) is 0. The summed E-state index contributed by atoms with van der Waals surface area (Å²) in [6.45, 7) is 1.75. The average molecular weight is 443 g/mol. The number of hydrogen-bond acceptors (Lipinski definition) is 6. The molecule has 0 unspecified atom stereocenters. The van der Waals surface area contributed by atoms with Gasteiger partial charge in [0.25, 0.3) is 5.78 Å². The third-order valence-electron chi connectivity index (χ3n) is 4.72. The maximum absolute atomic E-state index is 12.8. The lowest BCUT2D eigenvalue weighted by molar-refractivity contribution is -0.137. The second kappa shape index (κ2) is 10.3. The normalized spacial score (nSPS) is 10.7. The van der Waals surface area contributed by atoms with Crippen molar-refractivity contribution in [3.05, 3.63) is 70.2 Å². The molecule has 3 rings (SSSR count). The van der Waals surface area contributed by atoms with Gasteiger partial charge in [-0.1, -0.05) is 41.9 Å². The fourth-order valence-electron chi connectivity index (χ4n) is 3.37. The monoisotopic (exact) mass is 442 g/mol. The predicted molar refractivity (Wildman–Crippen MR) is 118 cm³/mol. The van der Waals surface area contributed by atoms with Crippen LogP contribution in [-0.4, -0.2) is 39.4 Å². The lowest BCUT2D eigenvalue weighted by Gasteiger charge is -2.18. The molecule has 162 valence electrons. The second-order valence-electron chi connectivity index (χ2n) is 6.70. The van der Waals surface area contributed by atoms with E-state index in [-0.39, 0.29) is 19.0 Å². The van der Waals surface area contributed by atoms with Crippen LogP contribution in [-0.2, 0) is 20.7 Å². The Morgan fingerprint density at radius 2 is 1.77 bits per heavy atom. The molecule has 0 fully saturated rings.